The van der Waals surface area contributed by atoms with Crippen LogP contribution in [-0.4, -0.2) is 25.8 Å². The third-order valence-electron chi connectivity index (χ3n) is 1.88. The van der Waals surface area contributed by atoms with Crippen molar-refractivity contribution in [2.45, 2.75) is 0 Å². The van der Waals surface area contributed by atoms with Gasteiger partial charge in [-0.25, -0.2) is 9.78 Å². The summed E-state index contributed by atoms with van der Waals surface area (Å²) in [7, 11) is 1.73. The van der Waals surface area contributed by atoms with Gasteiger partial charge in [0.2, 0.25) is 0 Å². The Bertz CT molecular complexity index is 517. The molecule has 0 aliphatic carbocycles. The first-order chi connectivity index (χ1) is 7.11. The van der Waals surface area contributed by atoms with Crippen molar-refractivity contribution in [1.29, 1.82) is 0 Å². The largest absolute Gasteiger partial charge is 0.476 e. The molecule has 2 aromatic rings. The average molecular weight is 272 g/mol. The molecule has 2 aromatic heterocycles. The number of aromatic carboxylic acids is 1. The molecule has 0 aliphatic rings. The molecule has 0 atom stereocenters. The molecule has 6 nitrogen and oxygen atoms in total. The summed E-state index contributed by atoms with van der Waals surface area (Å²) in [5.74, 6) is -0.933. The van der Waals surface area contributed by atoms with Gasteiger partial charge >= 0.3 is 5.97 Å². The lowest BCUT2D eigenvalue weighted by Crippen LogP contribution is -1.98. The Hall–Kier alpha value is -1.63. The molecule has 0 aliphatic heterocycles. The second-order valence-electron chi connectivity index (χ2n) is 2.81. The summed E-state index contributed by atoms with van der Waals surface area (Å²) in [6, 6.07) is 0. The Labute approximate surface area is 92.7 Å². The van der Waals surface area contributed by atoms with Crippen molar-refractivity contribution in [2.24, 2.45) is 7.05 Å². The predicted molar refractivity (Wildman–Crippen MR) is 53.4 cm³/mol. The number of aromatic nitrogens is 3. The van der Waals surface area contributed by atoms with Gasteiger partial charge in [-0.15, -0.1) is 0 Å². The van der Waals surface area contributed by atoms with Gasteiger partial charge in [-0.1, -0.05) is 0 Å². The molecule has 0 aromatic carbocycles. The number of halogens is 1. The lowest BCUT2D eigenvalue weighted by atomic mass is 10.2. The third-order valence-corrected chi connectivity index (χ3v) is 2.82. The van der Waals surface area contributed by atoms with Gasteiger partial charge < -0.3 is 9.52 Å². The van der Waals surface area contributed by atoms with Crippen molar-refractivity contribution in [3.05, 3.63) is 22.9 Å². The normalized spacial score (nSPS) is 10.5. The van der Waals surface area contributed by atoms with Crippen LogP contribution in [0.15, 0.2) is 21.6 Å². The van der Waals surface area contributed by atoms with Gasteiger partial charge in [0.05, 0.1) is 11.8 Å². The average Bonchev–Trinajstić information content (AvgIpc) is 2.75. The van der Waals surface area contributed by atoms with E-state index >= 15 is 0 Å². The summed E-state index contributed by atoms with van der Waals surface area (Å²) in [5, 5.41) is 12.8. The molecule has 0 saturated carbocycles. The molecular weight excluding hydrogens is 266 g/mol. The Morgan fingerprint density at radius 2 is 2.40 bits per heavy atom. The number of hydrogen-bond donors (Lipinski definition) is 1. The maximum absolute atomic E-state index is 10.8. The van der Waals surface area contributed by atoms with Crippen LogP contribution >= 0.6 is 15.9 Å². The van der Waals surface area contributed by atoms with Gasteiger partial charge in [-0.3, -0.25) is 4.68 Å². The van der Waals surface area contributed by atoms with Crippen molar-refractivity contribution in [2.75, 3.05) is 0 Å². The number of oxazole rings is 1. The lowest BCUT2D eigenvalue weighted by Gasteiger charge is -1.95. The van der Waals surface area contributed by atoms with E-state index in [-0.39, 0.29) is 11.5 Å². The first kappa shape index (κ1) is 9.91. The predicted octanol–water partition coefficient (Wildman–Crippen LogP) is 1.54. The fourth-order valence-electron chi connectivity index (χ4n) is 1.16. The van der Waals surface area contributed by atoms with Crippen LogP contribution in [0.5, 0.6) is 0 Å². The SMILES string of the molecule is Cn1ncc(-c2ocnc2C(=O)O)c1Br. The summed E-state index contributed by atoms with van der Waals surface area (Å²) in [5.41, 5.74) is 0.441. The molecule has 0 spiro atoms. The molecule has 7 heteroatoms. The van der Waals surface area contributed by atoms with Crippen LogP contribution in [0.25, 0.3) is 11.3 Å². The van der Waals surface area contributed by atoms with Gasteiger partial charge in [-0.2, -0.15) is 5.10 Å². The Balaban J connectivity index is 2.59. The van der Waals surface area contributed by atoms with Crippen molar-refractivity contribution in [3.8, 4) is 11.3 Å². The quantitative estimate of drug-likeness (QED) is 0.896. The Morgan fingerprint density at radius 1 is 1.67 bits per heavy atom. The molecule has 0 radical (unpaired) electrons. The Morgan fingerprint density at radius 3 is 2.93 bits per heavy atom. The second kappa shape index (κ2) is 3.50. The topological polar surface area (TPSA) is 81.2 Å². The highest BCUT2D eigenvalue weighted by Gasteiger charge is 2.21. The molecule has 0 saturated heterocycles. The van der Waals surface area contributed by atoms with E-state index in [4.69, 9.17) is 9.52 Å². The molecule has 0 fully saturated rings. The molecule has 2 rings (SSSR count). The maximum Gasteiger partial charge on any atom is 0.358 e. The van der Waals surface area contributed by atoms with Crippen LogP contribution in [-0.2, 0) is 7.05 Å². The molecule has 0 bridgehead atoms. The van der Waals surface area contributed by atoms with Gasteiger partial charge in [0.15, 0.2) is 17.8 Å². The van der Waals surface area contributed by atoms with Gasteiger partial charge in [-0.05, 0) is 15.9 Å². The van der Waals surface area contributed by atoms with E-state index in [1.165, 1.54) is 6.20 Å². The number of aryl methyl sites for hydroxylation is 1. The zero-order chi connectivity index (χ0) is 11.0. The van der Waals surface area contributed by atoms with E-state index in [0.29, 0.717) is 10.2 Å². The Kier molecular flexibility index (Phi) is 2.31. The number of carboxylic acid groups (broad SMARTS) is 1. The van der Waals surface area contributed by atoms with Crippen molar-refractivity contribution in [3.63, 3.8) is 0 Å². The monoisotopic (exact) mass is 271 g/mol. The van der Waals surface area contributed by atoms with Crippen LogP contribution in [0.3, 0.4) is 0 Å². The number of carboxylic acids is 1. The summed E-state index contributed by atoms with van der Waals surface area (Å²) in [6.07, 6.45) is 2.61. The van der Waals surface area contributed by atoms with Gasteiger partial charge in [0.25, 0.3) is 0 Å². The van der Waals surface area contributed by atoms with Crippen LogP contribution in [0.2, 0.25) is 0 Å². The maximum atomic E-state index is 10.8. The summed E-state index contributed by atoms with van der Waals surface area (Å²) in [4.78, 5) is 14.4. The lowest BCUT2D eigenvalue weighted by molar-refractivity contribution is 0.0691. The fourth-order valence-corrected chi connectivity index (χ4v) is 1.54. The highest BCUT2D eigenvalue weighted by molar-refractivity contribution is 9.10. The summed E-state index contributed by atoms with van der Waals surface area (Å²) < 4.78 is 7.23. The highest BCUT2D eigenvalue weighted by Crippen LogP contribution is 2.29. The van der Waals surface area contributed by atoms with Crippen LogP contribution in [0, 0.1) is 0 Å². The third kappa shape index (κ3) is 1.54. The number of nitrogens with zero attached hydrogens (tertiary/aromatic N) is 3. The van der Waals surface area contributed by atoms with Crippen LogP contribution in [0.1, 0.15) is 10.5 Å². The fraction of sp³-hybridized carbons (Fsp3) is 0.125. The standard InChI is InChI=1S/C8H6BrN3O3/c1-12-7(9)4(2-11-12)6-5(8(13)14)10-3-15-6/h2-3H,1H3,(H,13,14). The van der Waals surface area contributed by atoms with E-state index in [1.54, 1.807) is 11.7 Å². The molecule has 2 heterocycles. The zero-order valence-electron chi connectivity index (χ0n) is 7.64. The second-order valence-corrected chi connectivity index (χ2v) is 3.56. The molecule has 0 unspecified atom stereocenters. The van der Waals surface area contributed by atoms with E-state index in [1.807, 2.05) is 0 Å². The van der Waals surface area contributed by atoms with E-state index in [9.17, 15) is 4.79 Å². The number of carbonyl (C=O) groups is 1. The van der Waals surface area contributed by atoms with E-state index < -0.39 is 5.97 Å². The van der Waals surface area contributed by atoms with Crippen molar-refractivity contribution < 1.29 is 14.3 Å². The molecule has 78 valence electrons. The first-order valence-corrected chi connectivity index (χ1v) is 4.75. The van der Waals surface area contributed by atoms with Gasteiger partial charge in [0, 0.05) is 7.05 Å². The molecule has 15 heavy (non-hydrogen) atoms. The minimum atomic E-state index is -1.13. The van der Waals surface area contributed by atoms with Crippen molar-refractivity contribution >= 4 is 21.9 Å². The summed E-state index contributed by atoms with van der Waals surface area (Å²) in [6.45, 7) is 0. The minimum Gasteiger partial charge on any atom is -0.476 e. The van der Waals surface area contributed by atoms with Gasteiger partial charge in [0.1, 0.15) is 4.60 Å². The smallest absolute Gasteiger partial charge is 0.358 e. The van der Waals surface area contributed by atoms with E-state index in [2.05, 4.69) is 26.0 Å². The number of rotatable bonds is 2. The van der Waals surface area contributed by atoms with Crippen LogP contribution < -0.4 is 0 Å². The molecule has 1 N–H and O–H groups in total. The van der Waals surface area contributed by atoms with E-state index in [0.717, 1.165) is 6.39 Å². The number of hydrogen-bond acceptors (Lipinski definition) is 4. The molecule has 0 amide bonds. The molecular formula is C8H6BrN3O3. The first-order valence-electron chi connectivity index (χ1n) is 3.96. The highest BCUT2D eigenvalue weighted by atomic mass is 79.9. The minimum absolute atomic E-state index is 0.122. The van der Waals surface area contributed by atoms with Crippen LogP contribution in [0.4, 0.5) is 0 Å². The van der Waals surface area contributed by atoms with Crippen molar-refractivity contribution in [1.82, 2.24) is 14.8 Å². The summed E-state index contributed by atoms with van der Waals surface area (Å²) >= 11 is 3.27. The zero-order valence-corrected chi connectivity index (χ0v) is 9.22.